The molecule has 0 spiro atoms. The quantitative estimate of drug-likeness (QED) is 0.0706. The minimum Gasteiger partial charge on any atom is -0.508 e. The Morgan fingerprint density at radius 3 is 1.17 bits per heavy atom. The van der Waals surface area contributed by atoms with Crippen molar-refractivity contribution in [3.8, 4) is 69.0 Å². The molecule has 22 nitrogen and oxygen atoms in total. The number of aromatic hydroxyl groups is 10. The zero-order chi connectivity index (χ0) is 47.6. The van der Waals surface area contributed by atoms with E-state index in [1.807, 2.05) is 0 Å². The highest BCUT2D eigenvalue weighted by Crippen LogP contribution is 2.55. The largest absolute Gasteiger partial charge is 0.508 e. The van der Waals surface area contributed by atoms with E-state index in [4.69, 9.17) is 18.9 Å². The fraction of sp³-hybridized carbons (Fsp3) is 0.227. The maximum absolute atomic E-state index is 14.8. The molecule has 2 heterocycles. The number of benzene rings is 4. The Kier molecular flexibility index (Phi) is 9.41. The van der Waals surface area contributed by atoms with Gasteiger partial charge >= 0.3 is 11.9 Å². The molecule has 3 aliphatic carbocycles. The summed E-state index contributed by atoms with van der Waals surface area (Å²) in [5, 5.41) is 126. The summed E-state index contributed by atoms with van der Waals surface area (Å²) in [6.07, 6.45) is -7.48. The van der Waals surface area contributed by atoms with Crippen molar-refractivity contribution < 1.29 is 109 Å². The van der Waals surface area contributed by atoms with Gasteiger partial charge in [-0.2, -0.15) is 0 Å². The van der Waals surface area contributed by atoms with Crippen LogP contribution in [-0.2, 0) is 41.5 Å². The summed E-state index contributed by atoms with van der Waals surface area (Å²) in [5.41, 5.74) is -9.75. The molecular weight excluding hydrogens is 880 g/mol. The maximum atomic E-state index is 14.8. The van der Waals surface area contributed by atoms with Crippen molar-refractivity contribution in [1.82, 2.24) is 0 Å². The van der Waals surface area contributed by atoms with Crippen molar-refractivity contribution in [2.45, 2.75) is 48.5 Å². The van der Waals surface area contributed by atoms with E-state index in [0.29, 0.717) is 36.4 Å². The lowest BCUT2D eigenvalue weighted by Crippen LogP contribution is -2.77. The Bertz CT molecular complexity index is 2740. The molecular formula is C44H32O22. The number of ketones is 4. The summed E-state index contributed by atoms with van der Waals surface area (Å²) >= 11 is 0. The number of phenolic OH excluding ortho intramolecular Hbond substituents is 10. The topological polar surface area (TPSA) is 382 Å². The molecule has 340 valence electrons. The van der Waals surface area contributed by atoms with Crippen molar-refractivity contribution in [1.29, 1.82) is 0 Å². The van der Waals surface area contributed by atoms with Crippen LogP contribution in [0.15, 0.2) is 71.8 Å². The molecule has 12 N–H and O–H groups in total. The van der Waals surface area contributed by atoms with Gasteiger partial charge in [0.05, 0.1) is 23.0 Å². The molecule has 0 radical (unpaired) electrons. The number of phenols is 10. The van der Waals surface area contributed by atoms with Gasteiger partial charge in [0.2, 0.25) is 0 Å². The molecule has 2 aliphatic heterocycles. The first kappa shape index (κ1) is 42.8. The molecule has 1 saturated carbocycles. The molecule has 5 aliphatic rings. The molecule has 66 heavy (non-hydrogen) atoms. The van der Waals surface area contributed by atoms with Crippen LogP contribution in [0.1, 0.15) is 31.8 Å². The lowest BCUT2D eigenvalue weighted by molar-refractivity contribution is -0.188. The Morgan fingerprint density at radius 1 is 0.500 bits per heavy atom. The second kappa shape index (κ2) is 14.5. The number of ether oxygens (including phenoxy) is 4. The molecule has 4 aromatic rings. The van der Waals surface area contributed by atoms with E-state index in [-0.39, 0.29) is 22.6 Å². The van der Waals surface area contributed by atoms with E-state index in [1.54, 1.807) is 0 Å². The Balaban J connectivity index is 1.14. The Morgan fingerprint density at radius 2 is 0.833 bits per heavy atom. The van der Waals surface area contributed by atoms with Crippen LogP contribution in [0.4, 0.5) is 0 Å². The van der Waals surface area contributed by atoms with Crippen molar-refractivity contribution in [2.24, 2.45) is 11.8 Å². The molecule has 0 aromatic heterocycles. The molecule has 22 heteroatoms. The number of esters is 2. The number of hydrogen-bond acceptors (Lipinski definition) is 22. The van der Waals surface area contributed by atoms with Crippen LogP contribution in [0.5, 0.6) is 69.0 Å². The summed E-state index contributed by atoms with van der Waals surface area (Å²) < 4.78 is 23.3. The van der Waals surface area contributed by atoms with Crippen molar-refractivity contribution in [3.05, 3.63) is 94.1 Å². The first-order chi connectivity index (χ1) is 31.0. The monoisotopic (exact) mass is 912 g/mol. The van der Waals surface area contributed by atoms with E-state index < -0.39 is 175 Å². The molecule has 0 saturated heterocycles. The number of hydrogen-bond donors (Lipinski definition) is 12. The van der Waals surface area contributed by atoms with E-state index in [0.717, 1.165) is 24.3 Å². The van der Waals surface area contributed by atoms with Crippen LogP contribution in [0.2, 0.25) is 0 Å². The molecule has 9 rings (SSSR count). The average Bonchev–Trinajstić information content (AvgIpc) is 3.24. The standard InChI is InChI=1S/C44H32O22/c45-15-5-21(47)17-9-29(65-41(59)13-1-23(49)35(55)24(50)2-13)37(63-27(17)7-15)19-11-31(53)44(62)34-20(12-32(54)43(61,40(34)58)33(19)39(44)57)38-30(10-18-22(48)6-16(46)8-28(18)64-38)66-42(60)14-3-25(51)36(56)26(52)4-14/h1-8,11-12,29-30,33-34,37-38,45-52,55-56,61-62H,9-10H2/t29-,30-,33+,34+,37-,38-,43+,44+/m1/s1. The van der Waals surface area contributed by atoms with Crippen LogP contribution in [0, 0.1) is 11.8 Å². The molecule has 0 unspecified atom stereocenters. The van der Waals surface area contributed by atoms with Gasteiger partial charge in [0.15, 0.2) is 81.0 Å². The minimum atomic E-state index is -3.48. The van der Waals surface area contributed by atoms with E-state index in [9.17, 15) is 90.0 Å². The van der Waals surface area contributed by atoms with Crippen molar-refractivity contribution in [3.63, 3.8) is 0 Å². The summed E-state index contributed by atoms with van der Waals surface area (Å²) in [4.78, 5) is 85.4. The highest BCUT2D eigenvalue weighted by molar-refractivity contribution is 6.33. The first-order valence-corrected chi connectivity index (χ1v) is 19.4. The van der Waals surface area contributed by atoms with Crippen molar-refractivity contribution in [2.75, 3.05) is 0 Å². The average molecular weight is 913 g/mol. The molecule has 1 fully saturated rings. The van der Waals surface area contributed by atoms with Crippen LogP contribution < -0.4 is 9.47 Å². The van der Waals surface area contributed by atoms with Gasteiger partial charge in [0.25, 0.3) is 0 Å². The predicted molar refractivity (Wildman–Crippen MR) is 210 cm³/mol. The number of carbonyl (C=O) groups excluding carboxylic acids is 6. The smallest absolute Gasteiger partial charge is 0.338 e. The lowest BCUT2D eigenvalue weighted by Gasteiger charge is -2.54. The minimum absolute atomic E-state index is 0.117. The second-order valence-corrected chi connectivity index (χ2v) is 16.1. The first-order valence-electron chi connectivity index (χ1n) is 19.4. The number of carbonyl (C=O) groups is 6. The third-order valence-corrected chi connectivity index (χ3v) is 12.2. The zero-order valence-corrected chi connectivity index (χ0v) is 33.1. The second-order valence-electron chi connectivity index (χ2n) is 16.1. The number of Topliss-reactive ketones (excluding diaryl/α,β-unsaturated/α-hetero) is 2. The molecule has 0 amide bonds. The lowest BCUT2D eigenvalue weighted by atomic mass is 9.50. The summed E-state index contributed by atoms with van der Waals surface area (Å²) in [7, 11) is 0. The summed E-state index contributed by atoms with van der Waals surface area (Å²) in [6, 6.07) is 6.56. The summed E-state index contributed by atoms with van der Waals surface area (Å²) in [5.74, 6) is -22.9. The zero-order valence-electron chi connectivity index (χ0n) is 33.1. The predicted octanol–water partition coefficient (Wildman–Crippen LogP) is 0.366. The fourth-order valence-electron chi connectivity index (χ4n) is 9.12. The van der Waals surface area contributed by atoms with Crippen LogP contribution >= 0.6 is 0 Å². The van der Waals surface area contributed by atoms with E-state index >= 15 is 0 Å². The summed E-state index contributed by atoms with van der Waals surface area (Å²) in [6.45, 7) is 0. The maximum Gasteiger partial charge on any atom is 0.338 e. The SMILES string of the molecule is O=C(O[C@@H]1Cc2c(O)cc(O)cc2O[C@@H]1C1=CC(=O)[C@@]2(O)C(=O)[C@H]1[C@@]1(O)C(=O)C=C([C@H]3Oc4cc(O)cc(O)c4C[C@H]3OC(=O)c3cc(O)c(O)c(O)c3)[C@H]2C1=O)c1cc(O)c(O)c(O)c1. The van der Waals surface area contributed by atoms with Gasteiger partial charge in [-0.1, -0.05) is 0 Å². The van der Waals surface area contributed by atoms with Crippen LogP contribution in [0.3, 0.4) is 0 Å². The van der Waals surface area contributed by atoms with Crippen LogP contribution in [0.25, 0.3) is 0 Å². The van der Waals surface area contributed by atoms with Crippen LogP contribution in [-0.4, -0.2) is 132 Å². The van der Waals surface area contributed by atoms with E-state index in [2.05, 4.69) is 0 Å². The van der Waals surface area contributed by atoms with E-state index in [1.165, 1.54) is 0 Å². The van der Waals surface area contributed by atoms with Gasteiger partial charge in [-0.15, -0.1) is 0 Å². The third-order valence-electron chi connectivity index (χ3n) is 12.2. The Labute approximate surface area is 366 Å². The number of fused-ring (bicyclic) bond motifs is 8. The van der Waals surface area contributed by atoms with Gasteiger partial charge in [-0.25, -0.2) is 9.59 Å². The highest BCUT2D eigenvalue weighted by atomic mass is 16.6. The molecule has 8 atom stereocenters. The van der Waals surface area contributed by atoms with Crippen molar-refractivity contribution >= 4 is 35.1 Å². The van der Waals surface area contributed by atoms with Gasteiger partial charge in [0.1, 0.15) is 46.7 Å². The molecule has 4 aromatic carbocycles. The van der Waals surface area contributed by atoms with Gasteiger partial charge in [-0.05, 0) is 47.6 Å². The third kappa shape index (κ3) is 6.17. The van der Waals surface area contributed by atoms with Gasteiger partial charge in [-0.3, -0.25) is 19.2 Å². The molecule has 4 bridgehead atoms. The normalized spacial score (nSPS) is 27.3. The Hall–Kier alpha value is -8.50. The highest BCUT2D eigenvalue weighted by Gasteiger charge is 2.76. The fourth-order valence-corrected chi connectivity index (χ4v) is 9.12. The van der Waals surface area contributed by atoms with Gasteiger partial charge < -0.3 is 80.2 Å². The van der Waals surface area contributed by atoms with Gasteiger partial charge in [0, 0.05) is 48.2 Å². The number of rotatable bonds is 6. The number of aliphatic hydroxyl groups is 2.